The highest BCUT2D eigenvalue weighted by atomic mass is 79.9. The molecule has 2 aromatic rings. The van der Waals surface area contributed by atoms with E-state index < -0.39 is 0 Å². The van der Waals surface area contributed by atoms with Crippen LogP contribution in [0.25, 0.3) is 0 Å². The topological polar surface area (TPSA) is 60.5 Å². The van der Waals surface area contributed by atoms with Crippen LogP contribution in [0.15, 0.2) is 47.1 Å². The number of hydrogen-bond acceptors (Lipinski definition) is 4. The van der Waals surface area contributed by atoms with Crippen molar-refractivity contribution in [2.75, 3.05) is 13.2 Å². The Balaban J connectivity index is 1.94. The zero-order valence-corrected chi connectivity index (χ0v) is 15.4. The Kier molecular flexibility index (Phi) is 7.21. The van der Waals surface area contributed by atoms with E-state index >= 15 is 0 Å². The monoisotopic (exact) mass is 392 g/mol. The smallest absolute Gasteiger partial charge is 0.256 e. The molecule has 0 fully saturated rings. The number of benzene rings is 1. The summed E-state index contributed by atoms with van der Waals surface area (Å²) in [6, 6.07) is 10.8. The summed E-state index contributed by atoms with van der Waals surface area (Å²) < 4.78 is 12.1. The first-order valence-corrected chi connectivity index (χ1v) is 8.64. The number of amides is 1. The number of carbonyl (C=O) groups is 1. The second-order valence-corrected chi connectivity index (χ2v) is 6.36. The van der Waals surface area contributed by atoms with E-state index in [4.69, 9.17) is 9.47 Å². The third-order valence-corrected chi connectivity index (χ3v) is 3.63. The van der Waals surface area contributed by atoms with Crippen LogP contribution in [-0.2, 0) is 4.74 Å². The number of carbonyl (C=O) groups excluding carboxylic acids is 1. The number of ether oxygens (including phenoxy) is 2. The molecule has 0 aliphatic carbocycles. The predicted octanol–water partition coefficient (Wildman–Crippen LogP) is 4.18. The first kappa shape index (κ1) is 18.4. The first-order chi connectivity index (χ1) is 11.6. The van der Waals surface area contributed by atoms with Crippen LogP contribution in [-0.4, -0.2) is 30.1 Å². The molecule has 24 heavy (non-hydrogen) atoms. The van der Waals surface area contributed by atoms with Gasteiger partial charge in [0.1, 0.15) is 11.3 Å². The van der Waals surface area contributed by atoms with Crippen LogP contribution >= 0.6 is 15.9 Å². The molecule has 1 heterocycles. The first-order valence-electron chi connectivity index (χ1n) is 7.84. The standard InChI is InChI=1S/C18H21BrN2O3/c1-13(2)23-12-4-11-20-17(22)16-5-3-10-21-18(16)24-15-8-6-14(19)7-9-15/h3,5-10,13H,4,11-12H2,1-2H3,(H,20,22). The van der Waals surface area contributed by atoms with Gasteiger partial charge in [-0.2, -0.15) is 0 Å². The highest BCUT2D eigenvalue weighted by Gasteiger charge is 2.13. The van der Waals surface area contributed by atoms with Gasteiger partial charge in [0.25, 0.3) is 5.91 Å². The Hall–Kier alpha value is -1.92. The summed E-state index contributed by atoms with van der Waals surface area (Å²) in [6.07, 6.45) is 2.55. The molecule has 1 amide bonds. The maximum absolute atomic E-state index is 12.3. The van der Waals surface area contributed by atoms with E-state index in [2.05, 4.69) is 26.2 Å². The third-order valence-electron chi connectivity index (χ3n) is 3.10. The van der Waals surface area contributed by atoms with Gasteiger partial charge in [-0.1, -0.05) is 15.9 Å². The molecule has 6 heteroatoms. The second-order valence-electron chi connectivity index (χ2n) is 5.44. The van der Waals surface area contributed by atoms with Gasteiger partial charge in [0.2, 0.25) is 5.88 Å². The number of hydrogen-bond donors (Lipinski definition) is 1. The van der Waals surface area contributed by atoms with Crippen molar-refractivity contribution in [1.82, 2.24) is 10.3 Å². The fraction of sp³-hybridized carbons (Fsp3) is 0.333. The summed E-state index contributed by atoms with van der Waals surface area (Å²) in [7, 11) is 0. The summed E-state index contributed by atoms with van der Waals surface area (Å²) >= 11 is 3.37. The van der Waals surface area contributed by atoms with E-state index in [0.717, 1.165) is 10.9 Å². The lowest BCUT2D eigenvalue weighted by molar-refractivity contribution is 0.0757. The van der Waals surface area contributed by atoms with Crippen LogP contribution in [0.1, 0.15) is 30.6 Å². The van der Waals surface area contributed by atoms with Crippen LogP contribution in [0.5, 0.6) is 11.6 Å². The van der Waals surface area contributed by atoms with Crippen LogP contribution in [0.2, 0.25) is 0 Å². The molecular weight excluding hydrogens is 372 g/mol. The summed E-state index contributed by atoms with van der Waals surface area (Å²) in [4.78, 5) is 16.5. The predicted molar refractivity (Wildman–Crippen MR) is 96.5 cm³/mol. The molecule has 1 aromatic heterocycles. The average molecular weight is 393 g/mol. The summed E-state index contributed by atoms with van der Waals surface area (Å²) in [5.41, 5.74) is 0.408. The van der Waals surface area contributed by atoms with Gasteiger partial charge in [0.05, 0.1) is 6.10 Å². The number of nitrogens with zero attached hydrogens (tertiary/aromatic N) is 1. The van der Waals surface area contributed by atoms with Crippen molar-refractivity contribution in [2.45, 2.75) is 26.4 Å². The van der Waals surface area contributed by atoms with E-state index in [1.807, 2.05) is 38.1 Å². The zero-order valence-electron chi connectivity index (χ0n) is 13.8. The van der Waals surface area contributed by atoms with E-state index in [9.17, 15) is 4.79 Å². The molecular formula is C18H21BrN2O3. The van der Waals surface area contributed by atoms with E-state index in [1.54, 1.807) is 18.3 Å². The van der Waals surface area contributed by atoms with Crippen LogP contribution < -0.4 is 10.1 Å². The molecule has 5 nitrogen and oxygen atoms in total. The van der Waals surface area contributed by atoms with Gasteiger partial charge in [-0.25, -0.2) is 4.98 Å². The number of rotatable bonds is 8. The van der Waals surface area contributed by atoms with Gasteiger partial charge in [-0.3, -0.25) is 4.79 Å². The van der Waals surface area contributed by atoms with Crippen LogP contribution in [0.4, 0.5) is 0 Å². The molecule has 0 saturated carbocycles. The molecule has 1 N–H and O–H groups in total. The molecule has 0 saturated heterocycles. The molecule has 0 bridgehead atoms. The van der Waals surface area contributed by atoms with Gasteiger partial charge in [-0.15, -0.1) is 0 Å². The highest BCUT2D eigenvalue weighted by molar-refractivity contribution is 9.10. The number of nitrogens with one attached hydrogen (secondary N) is 1. The van der Waals surface area contributed by atoms with Crippen molar-refractivity contribution in [3.05, 3.63) is 52.6 Å². The van der Waals surface area contributed by atoms with E-state index in [0.29, 0.717) is 24.5 Å². The van der Waals surface area contributed by atoms with Crippen LogP contribution in [0, 0.1) is 0 Å². The Morgan fingerprint density at radius 3 is 2.71 bits per heavy atom. The zero-order chi connectivity index (χ0) is 17.4. The quantitative estimate of drug-likeness (QED) is 0.684. The average Bonchev–Trinajstić information content (AvgIpc) is 2.56. The largest absolute Gasteiger partial charge is 0.438 e. The molecule has 0 radical (unpaired) electrons. The molecule has 2 rings (SSSR count). The van der Waals surface area contributed by atoms with Crippen molar-refractivity contribution in [3.8, 4) is 11.6 Å². The van der Waals surface area contributed by atoms with Gasteiger partial charge in [-0.05, 0) is 56.7 Å². The minimum Gasteiger partial charge on any atom is -0.438 e. The maximum atomic E-state index is 12.3. The fourth-order valence-corrected chi connectivity index (χ4v) is 2.21. The summed E-state index contributed by atoms with van der Waals surface area (Å²) in [6.45, 7) is 5.13. The van der Waals surface area contributed by atoms with Crippen molar-refractivity contribution < 1.29 is 14.3 Å². The second kappa shape index (κ2) is 9.39. The van der Waals surface area contributed by atoms with E-state index in [-0.39, 0.29) is 17.9 Å². The molecule has 0 spiro atoms. The minimum absolute atomic E-state index is 0.199. The van der Waals surface area contributed by atoms with Crippen molar-refractivity contribution in [3.63, 3.8) is 0 Å². The lowest BCUT2D eigenvalue weighted by Gasteiger charge is -2.11. The summed E-state index contributed by atoms with van der Waals surface area (Å²) in [5, 5.41) is 2.86. The molecule has 0 aliphatic heterocycles. The summed E-state index contributed by atoms with van der Waals surface area (Å²) in [5.74, 6) is 0.701. The van der Waals surface area contributed by atoms with Crippen molar-refractivity contribution in [2.24, 2.45) is 0 Å². The lowest BCUT2D eigenvalue weighted by atomic mass is 10.2. The Bertz CT molecular complexity index is 660. The SMILES string of the molecule is CC(C)OCCCNC(=O)c1cccnc1Oc1ccc(Br)cc1. The minimum atomic E-state index is -0.209. The molecule has 128 valence electrons. The number of halogens is 1. The molecule has 0 unspecified atom stereocenters. The number of aromatic nitrogens is 1. The normalized spacial score (nSPS) is 10.7. The van der Waals surface area contributed by atoms with Gasteiger partial charge in [0, 0.05) is 23.8 Å². The van der Waals surface area contributed by atoms with Gasteiger partial charge < -0.3 is 14.8 Å². The van der Waals surface area contributed by atoms with Crippen molar-refractivity contribution in [1.29, 1.82) is 0 Å². The number of pyridine rings is 1. The Morgan fingerprint density at radius 2 is 2.00 bits per heavy atom. The lowest BCUT2D eigenvalue weighted by Crippen LogP contribution is -2.26. The van der Waals surface area contributed by atoms with E-state index in [1.165, 1.54) is 0 Å². The third kappa shape index (κ3) is 5.94. The highest BCUT2D eigenvalue weighted by Crippen LogP contribution is 2.24. The van der Waals surface area contributed by atoms with Gasteiger partial charge >= 0.3 is 0 Å². The van der Waals surface area contributed by atoms with Crippen molar-refractivity contribution >= 4 is 21.8 Å². The molecule has 0 aliphatic rings. The Labute approximate surface area is 150 Å². The molecule has 0 atom stereocenters. The molecule has 1 aromatic carbocycles. The van der Waals surface area contributed by atoms with Gasteiger partial charge in [0.15, 0.2) is 0 Å². The Morgan fingerprint density at radius 1 is 1.25 bits per heavy atom. The maximum Gasteiger partial charge on any atom is 0.256 e. The fourth-order valence-electron chi connectivity index (χ4n) is 1.95. The van der Waals surface area contributed by atoms with Crippen LogP contribution in [0.3, 0.4) is 0 Å².